The number of Topliss-reactive ketones (excluding diaryl/α,β-unsaturated/α-hetero) is 1. The molecule has 0 fully saturated rings. The Hall–Kier alpha value is -2.50. The van der Waals surface area contributed by atoms with Gasteiger partial charge in [-0.05, 0) is 39.0 Å². The molecule has 0 saturated carbocycles. The van der Waals surface area contributed by atoms with Gasteiger partial charge in [0.2, 0.25) is 5.91 Å². The van der Waals surface area contributed by atoms with E-state index in [1.807, 2.05) is 19.9 Å². The lowest BCUT2D eigenvalue weighted by Crippen LogP contribution is -2.15. The van der Waals surface area contributed by atoms with Crippen molar-refractivity contribution >= 4 is 17.4 Å². The van der Waals surface area contributed by atoms with Crippen LogP contribution in [0.5, 0.6) is 0 Å². The Balaban J connectivity index is 2.23. The molecule has 6 heteroatoms. The Labute approximate surface area is 123 Å². The molecule has 0 radical (unpaired) electrons. The Kier molecular flexibility index (Phi) is 4.47. The van der Waals surface area contributed by atoms with Crippen molar-refractivity contribution in [2.24, 2.45) is 0 Å². The zero-order chi connectivity index (χ0) is 15.4. The number of aryl methyl sites for hydroxylation is 2. The number of hydrogen-bond acceptors (Lipinski definition) is 4. The minimum absolute atomic E-state index is 0.00453. The largest absolute Gasteiger partial charge is 0.323 e. The number of anilines is 1. The van der Waals surface area contributed by atoms with Crippen LogP contribution in [-0.4, -0.2) is 26.5 Å². The number of nitrogens with one attached hydrogen (secondary N) is 1. The molecule has 0 bridgehead atoms. The molecule has 2 rings (SSSR count). The van der Waals surface area contributed by atoms with Crippen molar-refractivity contribution in [3.8, 4) is 5.82 Å². The predicted octanol–water partition coefficient (Wildman–Crippen LogP) is 2.19. The van der Waals surface area contributed by atoms with Gasteiger partial charge in [-0.1, -0.05) is 0 Å². The van der Waals surface area contributed by atoms with Crippen LogP contribution >= 0.6 is 0 Å². The summed E-state index contributed by atoms with van der Waals surface area (Å²) in [5.74, 6) is 0.357. The lowest BCUT2D eigenvalue weighted by molar-refractivity contribution is -0.121. The second-order valence-corrected chi connectivity index (χ2v) is 4.96. The average Bonchev–Trinajstić information content (AvgIpc) is 2.76. The molecular formula is C15H18N4O2. The van der Waals surface area contributed by atoms with Crippen LogP contribution in [-0.2, 0) is 9.59 Å². The second-order valence-electron chi connectivity index (χ2n) is 4.96. The van der Waals surface area contributed by atoms with E-state index in [4.69, 9.17) is 0 Å². The average molecular weight is 286 g/mol. The van der Waals surface area contributed by atoms with Crippen LogP contribution in [0.1, 0.15) is 31.2 Å². The van der Waals surface area contributed by atoms with Gasteiger partial charge in [0.05, 0.1) is 11.4 Å². The van der Waals surface area contributed by atoms with Gasteiger partial charge in [0.15, 0.2) is 5.82 Å². The zero-order valence-electron chi connectivity index (χ0n) is 12.4. The van der Waals surface area contributed by atoms with E-state index in [2.05, 4.69) is 15.4 Å². The van der Waals surface area contributed by atoms with Crippen LogP contribution in [0.3, 0.4) is 0 Å². The maximum absolute atomic E-state index is 11.9. The van der Waals surface area contributed by atoms with E-state index < -0.39 is 0 Å². The fourth-order valence-electron chi connectivity index (χ4n) is 2.01. The van der Waals surface area contributed by atoms with Crippen LogP contribution in [0.2, 0.25) is 0 Å². The maximum Gasteiger partial charge on any atom is 0.224 e. The van der Waals surface area contributed by atoms with E-state index in [1.54, 1.807) is 23.0 Å². The molecule has 110 valence electrons. The summed E-state index contributed by atoms with van der Waals surface area (Å²) in [6.07, 6.45) is 2.05. The highest BCUT2D eigenvalue weighted by Crippen LogP contribution is 2.19. The fourth-order valence-corrected chi connectivity index (χ4v) is 2.01. The van der Waals surface area contributed by atoms with E-state index in [0.717, 1.165) is 11.4 Å². The van der Waals surface area contributed by atoms with E-state index in [0.29, 0.717) is 11.5 Å². The van der Waals surface area contributed by atoms with E-state index >= 15 is 0 Å². The number of pyridine rings is 1. The monoisotopic (exact) mass is 286 g/mol. The van der Waals surface area contributed by atoms with Crippen molar-refractivity contribution in [2.45, 2.75) is 33.6 Å². The lowest BCUT2D eigenvalue weighted by atomic mass is 10.2. The molecule has 0 spiro atoms. The minimum atomic E-state index is -0.207. The van der Waals surface area contributed by atoms with Crippen molar-refractivity contribution in [1.29, 1.82) is 0 Å². The first kappa shape index (κ1) is 14.9. The van der Waals surface area contributed by atoms with Crippen LogP contribution in [0, 0.1) is 13.8 Å². The molecule has 2 aromatic rings. The quantitative estimate of drug-likeness (QED) is 0.914. The Morgan fingerprint density at radius 1 is 1.29 bits per heavy atom. The van der Waals surface area contributed by atoms with Gasteiger partial charge in [-0.3, -0.25) is 4.79 Å². The van der Waals surface area contributed by atoms with Gasteiger partial charge >= 0.3 is 0 Å². The highest BCUT2D eigenvalue weighted by atomic mass is 16.2. The molecule has 0 aliphatic rings. The molecule has 2 aromatic heterocycles. The minimum Gasteiger partial charge on any atom is -0.323 e. The molecule has 1 amide bonds. The van der Waals surface area contributed by atoms with E-state index in [-0.39, 0.29) is 24.5 Å². The number of aromatic nitrogens is 3. The van der Waals surface area contributed by atoms with Gasteiger partial charge in [0.25, 0.3) is 0 Å². The summed E-state index contributed by atoms with van der Waals surface area (Å²) in [4.78, 5) is 27.1. The first-order valence-corrected chi connectivity index (χ1v) is 6.75. The van der Waals surface area contributed by atoms with Crippen molar-refractivity contribution in [3.63, 3.8) is 0 Å². The van der Waals surface area contributed by atoms with Crippen LogP contribution in [0.25, 0.3) is 5.82 Å². The number of ketones is 1. The molecule has 21 heavy (non-hydrogen) atoms. The van der Waals surface area contributed by atoms with Crippen molar-refractivity contribution < 1.29 is 9.59 Å². The van der Waals surface area contributed by atoms with Crippen molar-refractivity contribution in [1.82, 2.24) is 14.8 Å². The smallest absolute Gasteiger partial charge is 0.224 e. The number of carbonyl (C=O) groups excluding carboxylic acids is 2. The number of rotatable bonds is 5. The molecule has 0 unspecified atom stereocenters. The molecule has 0 aliphatic carbocycles. The van der Waals surface area contributed by atoms with Crippen molar-refractivity contribution in [2.75, 3.05) is 5.32 Å². The summed E-state index contributed by atoms with van der Waals surface area (Å²) >= 11 is 0. The highest BCUT2D eigenvalue weighted by molar-refractivity contribution is 5.94. The summed E-state index contributed by atoms with van der Waals surface area (Å²) in [7, 11) is 0. The second kappa shape index (κ2) is 6.30. The Morgan fingerprint density at radius 2 is 2.05 bits per heavy atom. The van der Waals surface area contributed by atoms with Gasteiger partial charge in [0, 0.05) is 24.7 Å². The predicted molar refractivity (Wildman–Crippen MR) is 79.4 cm³/mol. The number of amides is 1. The van der Waals surface area contributed by atoms with Gasteiger partial charge in [0.1, 0.15) is 5.78 Å². The van der Waals surface area contributed by atoms with Crippen LogP contribution in [0.4, 0.5) is 5.69 Å². The summed E-state index contributed by atoms with van der Waals surface area (Å²) in [6, 6.07) is 5.45. The molecular weight excluding hydrogens is 268 g/mol. The fraction of sp³-hybridized carbons (Fsp3) is 0.333. The first-order chi connectivity index (χ1) is 9.97. The van der Waals surface area contributed by atoms with Crippen LogP contribution < -0.4 is 5.32 Å². The normalized spacial score (nSPS) is 10.4. The zero-order valence-corrected chi connectivity index (χ0v) is 12.4. The summed E-state index contributed by atoms with van der Waals surface area (Å²) in [5, 5.41) is 7.16. The molecule has 2 heterocycles. The summed E-state index contributed by atoms with van der Waals surface area (Å²) < 4.78 is 1.69. The molecule has 0 aromatic carbocycles. The Bertz CT molecular complexity index is 676. The number of hydrogen-bond donors (Lipinski definition) is 1. The SMILES string of the molecule is CC(=O)CCC(=O)Nc1cccnc1-n1nc(C)cc1C. The molecule has 6 nitrogen and oxygen atoms in total. The standard InChI is InChI=1S/C15H18N4O2/c1-10-9-11(2)19(18-10)15-13(5-4-8-16-15)17-14(21)7-6-12(3)20/h4-5,8-9H,6-7H2,1-3H3,(H,17,21). The summed E-state index contributed by atoms with van der Waals surface area (Å²) in [5.41, 5.74) is 2.40. The van der Waals surface area contributed by atoms with Gasteiger partial charge in [-0.2, -0.15) is 5.10 Å². The topological polar surface area (TPSA) is 76.9 Å². The lowest BCUT2D eigenvalue weighted by Gasteiger charge is -2.11. The maximum atomic E-state index is 11.9. The Morgan fingerprint density at radius 3 is 2.67 bits per heavy atom. The third-order valence-corrected chi connectivity index (χ3v) is 2.98. The van der Waals surface area contributed by atoms with Gasteiger partial charge < -0.3 is 10.1 Å². The first-order valence-electron chi connectivity index (χ1n) is 6.75. The molecule has 0 aliphatic heterocycles. The third kappa shape index (κ3) is 3.75. The highest BCUT2D eigenvalue weighted by Gasteiger charge is 2.12. The van der Waals surface area contributed by atoms with Gasteiger partial charge in [-0.15, -0.1) is 0 Å². The molecule has 0 atom stereocenters. The number of nitrogens with zero attached hydrogens (tertiary/aromatic N) is 3. The van der Waals surface area contributed by atoms with Crippen molar-refractivity contribution in [3.05, 3.63) is 35.8 Å². The van der Waals surface area contributed by atoms with Crippen LogP contribution in [0.15, 0.2) is 24.4 Å². The molecule has 1 N–H and O–H groups in total. The van der Waals surface area contributed by atoms with E-state index in [1.165, 1.54) is 6.92 Å². The summed E-state index contributed by atoms with van der Waals surface area (Å²) in [6.45, 7) is 5.30. The molecule has 0 saturated heterocycles. The number of carbonyl (C=O) groups is 2. The third-order valence-electron chi connectivity index (χ3n) is 2.98. The van der Waals surface area contributed by atoms with E-state index in [9.17, 15) is 9.59 Å². The van der Waals surface area contributed by atoms with Gasteiger partial charge in [-0.25, -0.2) is 9.67 Å².